The summed E-state index contributed by atoms with van der Waals surface area (Å²) in [5.74, 6) is 1.72. The van der Waals surface area contributed by atoms with Crippen molar-refractivity contribution in [1.82, 2.24) is 9.55 Å². The molecule has 0 spiro atoms. The Kier molecular flexibility index (Phi) is 1.86. The van der Waals surface area contributed by atoms with E-state index >= 15 is 0 Å². The molecule has 1 aromatic rings. The van der Waals surface area contributed by atoms with Crippen LogP contribution in [0, 0.1) is 3.70 Å². The van der Waals surface area contributed by atoms with Crippen molar-refractivity contribution in [3.05, 3.63) is 15.7 Å². The normalized spacial score (nSPS) is 37.7. The van der Waals surface area contributed by atoms with Crippen molar-refractivity contribution in [3.8, 4) is 0 Å². The van der Waals surface area contributed by atoms with Crippen LogP contribution in [0.3, 0.4) is 0 Å². The van der Waals surface area contributed by atoms with Crippen molar-refractivity contribution in [1.29, 1.82) is 0 Å². The monoisotopic (exact) mass is 317 g/mol. The first-order valence-corrected chi connectivity index (χ1v) is 6.56. The van der Waals surface area contributed by atoms with Gasteiger partial charge in [-0.3, -0.25) is 0 Å². The van der Waals surface area contributed by atoms with Gasteiger partial charge in [-0.25, -0.2) is 4.98 Å². The Balaban J connectivity index is 1.99. The molecule has 1 heterocycles. The molecule has 82 valence electrons. The summed E-state index contributed by atoms with van der Waals surface area (Å²) >= 11 is 2.30. The van der Waals surface area contributed by atoms with Crippen LogP contribution in [-0.4, -0.2) is 15.1 Å². The molecule has 0 saturated heterocycles. The predicted octanol–water partition coefficient (Wildman–Crippen LogP) is 2.20. The Morgan fingerprint density at radius 3 is 2.53 bits per heavy atom. The zero-order chi connectivity index (χ0) is 10.8. The first-order chi connectivity index (χ1) is 6.94. The largest absolute Gasteiger partial charge is 0.327 e. The number of nitrogens with two attached hydrogens (primary N) is 1. The molecule has 0 amide bonds. The van der Waals surface area contributed by atoms with Crippen molar-refractivity contribution >= 4 is 22.6 Å². The minimum absolute atomic E-state index is 0.171. The summed E-state index contributed by atoms with van der Waals surface area (Å²) in [6, 6.07) is 0. The van der Waals surface area contributed by atoms with Crippen LogP contribution >= 0.6 is 22.6 Å². The zero-order valence-electron chi connectivity index (χ0n) is 9.13. The van der Waals surface area contributed by atoms with Gasteiger partial charge in [0.2, 0.25) is 0 Å². The van der Waals surface area contributed by atoms with Crippen LogP contribution < -0.4 is 5.73 Å². The van der Waals surface area contributed by atoms with Gasteiger partial charge >= 0.3 is 0 Å². The highest BCUT2D eigenvalue weighted by molar-refractivity contribution is 14.1. The molecule has 0 atom stereocenters. The molecule has 3 aliphatic rings. The molecule has 0 radical (unpaired) electrons. The van der Waals surface area contributed by atoms with Crippen LogP contribution in [0.2, 0.25) is 0 Å². The maximum Gasteiger partial charge on any atom is 0.119 e. The molecule has 2 bridgehead atoms. The fourth-order valence-corrected chi connectivity index (χ4v) is 3.74. The average molecular weight is 317 g/mol. The Bertz CT molecular complexity index is 402. The van der Waals surface area contributed by atoms with Gasteiger partial charge in [0.1, 0.15) is 9.53 Å². The maximum absolute atomic E-state index is 6.11. The van der Waals surface area contributed by atoms with Crippen molar-refractivity contribution < 1.29 is 0 Å². The summed E-state index contributed by atoms with van der Waals surface area (Å²) in [5.41, 5.74) is 6.62. The number of hydrogen-bond acceptors (Lipinski definition) is 2. The summed E-state index contributed by atoms with van der Waals surface area (Å²) in [5, 5.41) is 0. The summed E-state index contributed by atoms with van der Waals surface area (Å²) in [6.45, 7) is 4.41. The molecule has 0 aromatic carbocycles. The molecule has 4 rings (SSSR count). The van der Waals surface area contributed by atoms with E-state index in [4.69, 9.17) is 5.73 Å². The maximum atomic E-state index is 6.11. The van der Waals surface area contributed by atoms with Gasteiger partial charge in [-0.05, 0) is 41.9 Å². The standard InChI is InChI=1S/C11H16IN3/c1-7(2)9-14-8(12)3-15(9)11-4-10(13,5-11)6-11/h3,7H,4-6,13H2,1-2H3. The minimum atomic E-state index is 0.171. The number of aromatic nitrogens is 2. The second kappa shape index (κ2) is 2.77. The fourth-order valence-electron chi connectivity index (χ4n) is 3.22. The quantitative estimate of drug-likeness (QED) is 0.850. The van der Waals surface area contributed by atoms with Crippen LogP contribution in [-0.2, 0) is 5.54 Å². The molecular weight excluding hydrogens is 301 g/mol. The van der Waals surface area contributed by atoms with Crippen molar-refractivity contribution in [2.45, 2.75) is 50.1 Å². The van der Waals surface area contributed by atoms with E-state index in [-0.39, 0.29) is 5.54 Å². The second-order valence-electron chi connectivity index (χ2n) is 5.56. The van der Waals surface area contributed by atoms with Gasteiger partial charge in [-0.2, -0.15) is 0 Å². The zero-order valence-corrected chi connectivity index (χ0v) is 11.3. The van der Waals surface area contributed by atoms with Crippen LogP contribution in [0.15, 0.2) is 6.20 Å². The van der Waals surface area contributed by atoms with E-state index in [0.29, 0.717) is 11.5 Å². The van der Waals surface area contributed by atoms with E-state index in [2.05, 4.69) is 52.2 Å². The van der Waals surface area contributed by atoms with Gasteiger partial charge < -0.3 is 10.3 Å². The number of nitrogens with zero attached hydrogens (tertiary/aromatic N) is 2. The molecule has 3 fully saturated rings. The lowest BCUT2D eigenvalue weighted by Crippen LogP contribution is -2.76. The van der Waals surface area contributed by atoms with E-state index in [1.807, 2.05) is 0 Å². The van der Waals surface area contributed by atoms with E-state index in [9.17, 15) is 0 Å². The van der Waals surface area contributed by atoms with Gasteiger partial charge in [0.15, 0.2) is 0 Å². The van der Waals surface area contributed by atoms with Crippen LogP contribution in [0.5, 0.6) is 0 Å². The van der Waals surface area contributed by atoms with Crippen LogP contribution in [0.1, 0.15) is 44.9 Å². The highest BCUT2D eigenvalue weighted by Gasteiger charge is 2.67. The Morgan fingerprint density at radius 1 is 1.47 bits per heavy atom. The third kappa shape index (κ3) is 1.24. The topological polar surface area (TPSA) is 43.8 Å². The molecule has 15 heavy (non-hydrogen) atoms. The molecular formula is C11H16IN3. The van der Waals surface area contributed by atoms with E-state index in [1.54, 1.807) is 0 Å². The van der Waals surface area contributed by atoms with Gasteiger partial charge in [-0.1, -0.05) is 13.8 Å². The van der Waals surface area contributed by atoms with Gasteiger partial charge in [0, 0.05) is 17.7 Å². The lowest BCUT2D eigenvalue weighted by molar-refractivity contribution is -0.116. The minimum Gasteiger partial charge on any atom is -0.327 e. The van der Waals surface area contributed by atoms with Crippen molar-refractivity contribution in [2.24, 2.45) is 5.73 Å². The SMILES string of the molecule is CC(C)c1nc(I)cn1C12CC(N)(C1)C2. The smallest absolute Gasteiger partial charge is 0.119 e. The number of rotatable bonds is 2. The van der Waals surface area contributed by atoms with E-state index in [0.717, 1.165) is 23.0 Å². The first-order valence-electron chi connectivity index (χ1n) is 5.48. The molecule has 3 saturated carbocycles. The lowest BCUT2D eigenvalue weighted by Gasteiger charge is -2.69. The average Bonchev–Trinajstić information content (AvgIpc) is 2.40. The van der Waals surface area contributed by atoms with Gasteiger partial charge in [0.25, 0.3) is 0 Å². The lowest BCUT2D eigenvalue weighted by atomic mass is 9.44. The highest BCUT2D eigenvalue weighted by Crippen LogP contribution is 2.64. The van der Waals surface area contributed by atoms with Crippen molar-refractivity contribution in [3.63, 3.8) is 0 Å². The molecule has 2 N–H and O–H groups in total. The van der Waals surface area contributed by atoms with Crippen LogP contribution in [0.4, 0.5) is 0 Å². The summed E-state index contributed by atoms with van der Waals surface area (Å²) in [7, 11) is 0. The number of hydrogen-bond donors (Lipinski definition) is 1. The Labute approximate surface area is 104 Å². The van der Waals surface area contributed by atoms with Gasteiger partial charge in [-0.15, -0.1) is 0 Å². The highest BCUT2D eigenvalue weighted by atomic mass is 127. The van der Waals surface area contributed by atoms with E-state index in [1.165, 1.54) is 5.82 Å². The predicted molar refractivity (Wildman–Crippen MR) is 67.8 cm³/mol. The summed E-state index contributed by atoms with van der Waals surface area (Å²) in [6.07, 6.45) is 5.62. The molecule has 1 aromatic heterocycles. The Morgan fingerprint density at radius 2 is 2.07 bits per heavy atom. The summed E-state index contributed by atoms with van der Waals surface area (Å²) < 4.78 is 3.50. The first kappa shape index (κ1) is 10.1. The molecule has 4 heteroatoms. The number of halogens is 1. The Hall–Kier alpha value is -0.100. The fraction of sp³-hybridized carbons (Fsp3) is 0.727. The number of imidazole rings is 1. The molecule has 3 aliphatic carbocycles. The summed E-state index contributed by atoms with van der Waals surface area (Å²) in [4.78, 5) is 4.61. The molecule has 0 aliphatic heterocycles. The van der Waals surface area contributed by atoms with Crippen LogP contribution in [0.25, 0.3) is 0 Å². The molecule has 0 unspecified atom stereocenters. The van der Waals surface area contributed by atoms with Gasteiger partial charge in [0.05, 0.1) is 5.54 Å². The second-order valence-corrected chi connectivity index (χ2v) is 6.67. The molecule has 3 nitrogen and oxygen atoms in total. The third-order valence-electron chi connectivity index (χ3n) is 3.77. The van der Waals surface area contributed by atoms with Crippen molar-refractivity contribution in [2.75, 3.05) is 0 Å². The third-order valence-corrected chi connectivity index (χ3v) is 4.29. The van der Waals surface area contributed by atoms with E-state index < -0.39 is 0 Å².